The summed E-state index contributed by atoms with van der Waals surface area (Å²) in [6, 6.07) is 8.92. The van der Waals surface area contributed by atoms with Gasteiger partial charge in [-0.05, 0) is 42.5 Å². The molecular weight excluding hydrogens is 357 g/mol. The predicted octanol–water partition coefficient (Wildman–Crippen LogP) is 3.52. The van der Waals surface area contributed by atoms with Gasteiger partial charge in [0.1, 0.15) is 5.82 Å². The number of carbonyl (C=O) groups is 2. The zero-order valence-corrected chi connectivity index (χ0v) is 13.5. The fraction of sp³-hybridized carbons (Fsp3) is 0.125. The molecule has 0 saturated carbocycles. The van der Waals surface area contributed by atoms with Crippen molar-refractivity contribution >= 4 is 35.0 Å². The van der Waals surface area contributed by atoms with Crippen molar-refractivity contribution in [1.82, 2.24) is 0 Å². The van der Waals surface area contributed by atoms with E-state index in [9.17, 15) is 22.8 Å². The maximum Gasteiger partial charge on any atom is 0.340 e. The van der Waals surface area contributed by atoms with E-state index in [-0.39, 0.29) is 11.3 Å². The molecule has 0 aliphatic carbocycles. The number of thioether (sulfide) groups is 1. The molecule has 0 aromatic heterocycles. The quantitative estimate of drug-likeness (QED) is 0.462. The van der Waals surface area contributed by atoms with E-state index in [1.165, 1.54) is 24.3 Å². The van der Waals surface area contributed by atoms with Crippen LogP contribution in [0.1, 0.15) is 10.4 Å². The smallest absolute Gasteiger partial charge is 0.340 e. The van der Waals surface area contributed by atoms with Gasteiger partial charge in [-0.3, -0.25) is 4.79 Å². The number of hydrogen-bond acceptors (Lipinski definition) is 5. The molecule has 0 aliphatic rings. The van der Waals surface area contributed by atoms with Crippen LogP contribution < -0.4 is 11.1 Å². The average Bonchev–Trinajstić information content (AvgIpc) is 2.54. The van der Waals surface area contributed by atoms with Crippen molar-refractivity contribution in [2.45, 2.75) is 10.7 Å². The second kappa shape index (κ2) is 8.43. The molecule has 9 heteroatoms. The number of carbonyl (C=O) groups excluding carboxylic acids is 2. The molecule has 2 aromatic rings. The summed E-state index contributed by atoms with van der Waals surface area (Å²) in [5, 5.41) is 2.45. The highest BCUT2D eigenvalue weighted by Crippen LogP contribution is 2.26. The van der Waals surface area contributed by atoms with Gasteiger partial charge in [0.05, 0.1) is 5.56 Å². The van der Waals surface area contributed by atoms with Crippen LogP contribution in [-0.2, 0) is 9.53 Å². The Kier molecular flexibility index (Phi) is 6.29. The molecule has 25 heavy (non-hydrogen) atoms. The Morgan fingerprint density at radius 3 is 2.44 bits per heavy atom. The highest BCUT2D eigenvalue weighted by Gasteiger charge is 2.14. The maximum absolute atomic E-state index is 12.9. The lowest BCUT2D eigenvalue weighted by atomic mass is 10.2. The lowest BCUT2D eigenvalue weighted by molar-refractivity contribution is -0.119. The van der Waals surface area contributed by atoms with Crippen molar-refractivity contribution in [2.24, 2.45) is 0 Å². The van der Waals surface area contributed by atoms with Crippen molar-refractivity contribution in [1.29, 1.82) is 0 Å². The zero-order chi connectivity index (χ0) is 18.4. The van der Waals surface area contributed by atoms with Crippen molar-refractivity contribution in [3.8, 4) is 0 Å². The lowest BCUT2D eigenvalue weighted by Gasteiger charge is -2.08. The number of nitrogen functional groups attached to an aromatic ring is 1. The van der Waals surface area contributed by atoms with Gasteiger partial charge in [-0.15, -0.1) is 0 Å². The minimum Gasteiger partial charge on any atom is -0.452 e. The summed E-state index contributed by atoms with van der Waals surface area (Å²) >= 11 is 0.386. The van der Waals surface area contributed by atoms with Gasteiger partial charge in [0, 0.05) is 16.3 Å². The van der Waals surface area contributed by atoms with E-state index in [0.717, 1.165) is 18.2 Å². The number of amides is 1. The number of anilines is 2. The van der Waals surface area contributed by atoms with Crippen LogP contribution in [0.5, 0.6) is 0 Å². The van der Waals surface area contributed by atoms with E-state index in [4.69, 9.17) is 10.5 Å². The Hall–Kier alpha value is -2.68. The van der Waals surface area contributed by atoms with E-state index in [1.807, 2.05) is 0 Å². The first-order valence-electron chi connectivity index (χ1n) is 6.92. The average molecular weight is 370 g/mol. The number of alkyl halides is 2. The number of hydrogen-bond donors (Lipinski definition) is 2. The number of ether oxygens (including phenoxy) is 1. The van der Waals surface area contributed by atoms with Crippen LogP contribution in [-0.4, -0.2) is 24.2 Å². The van der Waals surface area contributed by atoms with Gasteiger partial charge in [-0.25, -0.2) is 9.18 Å². The van der Waals surface area contributed by atoms with Gasteiger partial charge in [0.25, 0.3) is 11.7 Å². The molecule has 0 heterocycles. The highest BCUT2D eigenvalue weighted by molar-refractivity contribution is 7.99. The Labute approximate surface area is 145 Å². The summed E-state index contributed by atoms with van der Waals surface area (Å²) in [4.78, 5) is 23.9. The number of halogens is 3. The number of rotatable bonds is 6. The Bertz CT molecular complexity index is 770. The number of nitrogens with two attached hydrogens (primary N) is 1. The highest BCUT2D eigenvalue weighted by atomic mass is 32.2. The first-order valence-corrected chi connectivity index (χ1v) is 7.80. The van der Waals surface area contributed by atoms with E-state index >= 15 is 0 Å². The number of esters is 1. The van der Waals surface area contributed by atoms with Crippen LogP contribution in [0.15, 0.2) is 47.4 Å². The first kappa shape index (κ1) is 18.7. The monoisotopic (exact) mass is 370 g/mol. The minimum atomic E-state index is -2.53. The van der Waals surface area contributed by atoms with Crippen molar-refractivity contribution in [2.75, 3.05) is 17.7 Å². The third-order valence-electron chi connectivity index (χ3n) is 2.93. The number of benzene rings is 2. The third-order valence-corrected chi connectivity index (χ3v) is 3.65. The fourth-order valence-electron chi connectivity index (χ4n) is 1.85. The molecule has 0 radical (unpaired) electrons. The second-order valence-electron chi connectivity index (χ2n) is 4.76. The predicted molar refractivity (Wildman–Crippen MR) is 88.0 cm³/mol. The standard InChI is InChI=1S/C16H13F3N2O3S/c17-9-1-6-12(13(20)7-9)15(23)24-8-14(22)21-10-2-4-11(5-3-10)25-16(18)19/h1-7,16H,8,20H2,(H,21,22). The molecule has 0 aliphatic heterocycles. The summed E-state index contributed by atoms with van der Waals surface area (Å²) in [7, 11) is 0. The summed E-state index contributed by atoms with van der Waals surface area (Å²) in [6.45, 7) is -0.580. The molecule has 0 bridgehead atoms. The summed E-state index contributed by atoms with van der Waals surface area (Å²) in [5.74, 6) is -4.61. The second-order valence-corrected chi connectivity index (χ2v) is 5.82. The molecule has 3 N–H and O–H groups in total. The van der Waals surface area contributed by atoms with Crippen LogP contribution in [0.2, 0.25) is 0 Å². The van der Waals surface area contributed by atoms with Crippen molar-refractivity contribution < 1.29 is 27.5 Å². The number of nitrogens with one attached hydrogen (secondary N) is 1. The molecule has 0 atom stereocenters. The summed E-state index contributed by atoms with van der Waals surface area (Å²) < 4.78 is 42.2. The zero-order valence-electron chi connectivity index (χ0n) is 12.7. The fourth-order valence-corrected chi connectivity index (χ4v) is 2.34. The molecule has 5 nitrogen and oxygen atoms in total. The molecule has 0 spiro atoms. The summed E-state index contributed by atoms with van der Waals surface area (Å²) in [6.07, 6.45) is 0. The third kappa shape index (κ3) is 5.71. The van der Waals surface area contributed by atoms with Gasteiger partial charge < -0.3 is 15.8 Å². The Balaban J connectivity index is 1.86. The van der Waals surface area contributed by atoms with E-state index in [2.05, 4.69) is 5.32 Å². The first-order chi connectivity index (χ1) is 11.8. The van der Waals surface area contributed by atoms with E-state index in [0.29, 0.717) is 22.3 Å². The molecule has 2 rings (SSSR count). The molecule has 0 unspecified atom stereocenters. The molecule has 1 amide bonds. The van der Waals surface area contributed by atoms with Gasteiger partial charge in [-0.1, -0.05) is 11.8 Å². The Morgan fingerprint density at radius 1 is 1.16 bits per heavy atom. The molecule has 2 aromatic carbocycles. The van der Waals surface area contributed by atoms with Crippen LogP contribution >= 0.6 is 11.8 Å². The largest absolute Gasteiger partial charge is 0.452 e. The van der Waals surface area contributed by atoms with Crippen LogP contribution in [0.4, 0.5) is 24.5 Å². The van der Waals surface area contributed by atoms with Crippen molar-refractivity contribution in [3.63, 3.8) is 0 Å². The van der Waals surface area contributed by atoms with Gasteiger partial charge in [-0.2, -0.15) is 8.78 Å². The van der Waals surface area contributed by atoms with E-state index in [1.54, 1.807) is 0 Å². The van der Waals surface area contributed by atoms with E-state index < -0.39 is 30.1 Å². The normalized spacial score (nSPS) is 10.6. The van der Waals surface area contributed by atoms with Crippen molar-refractivity contribution in [3.05, 3.63) is 53.8 Å². The van der Waals surface area contributed by atoms with Crippen LogP contribution in [0.3, 0.4) is 0 Å². The topological polar surface area (TPSA) is 81.4 Å². The molecule has 0 fully saturated rings. The van der Waals surface area contributed by atoms with Gasteiger partial charge in [0.15, 0.2) is 6.61 Å². The van der Waals surface area contributed by atoms with Crippen LogP contribution in [0, 0.1) is 5.82 Å². The molecular formula is C16H13F3N2O3S. The minimum absolute atomic E-state index is 0.0532. The SMILES string of the molecule is Nc1cc(F)ccc1C(=O)OCC(=O)Nc1ccc(SC(F)F)cc1. The van der Waals surface area contributed by atoms with Crippen LogP contribution in [0.25, 0.3) is 0 Å². The Morgan fingerprint density at radius 2 is 1.84 bits per heavy atom. The maximum atomic E-state index is 12.9. The lowest BCUT2D eigenvalue weighted by Crippen LogP contribution is -2.21. The summed E-state index contributed by atoms with van der Waals surface area (Å²) in [5.41, 5.74) is 5.71. The molecule has 132 valence electrons. The molecule has 0 saturated heterocycles. The van der Waals surface area contributed by atoms with Gasteiger partial charge in [0.2, 0.25) is 0 Å². The van der Waals surface area contributed by atoms with Gasteiger partial charge >= 0.3 is 5.97 Å².